The molecule has 0 aromatic rings. The maximum atomic E-state index is 12.6. The van der Waals surface area contributed by atoms with E-state index in [4.69, 9.17) is 14.2 Å². The van der Waals surface area contributed by atoms with Gasteiger partial charge in [0.1, 0.15) is 12.6 Å². The molecular weight excluding hydrogens is 654 g/mol. The number of hydrogen-bond acceptors (Lipinski definition) is 7. The normalized spacial score (nSPS) is 13.6. The summed E-state index contributed by atoms with van der Waals surface area (Å²) in [7, 11) is 5.37. The van der Waals surface area contributed by atoms with Gasteiger partial charge in [-0.3, -0.25) is 9.59 Å². The maximum Gasteiger partial charge on any atom is 0.306 e. The van der Waals surface area contributed by atoms with Crippen LogP contribution in [0.5, 0.6) is 0 Å². The van der Waals surface area contributed by atoms with Crippen molar-refractivity contribution in [2.24, 2.45) is 0 Å². The summed E-state index contributed by atoms with van der Waals surface area (Å²) in [5.41, 5.74) is 0. The highest BCUT2D eigenvalue weighted by molar-refractivity contribution is 5.70. The zero-order valence-electron chi connectivity index (χ0n) is 33.7. The molecule has 52 heavy (non-hydrogen) atoms. The van der Waals surface area contributed by atoms with Crippen molar-refractivity contribution in [2.45, 2.75) is 161 Å². The second kappa shape index (κ2) is 35.1. The van der Waals surface area contributed by atoms with Crippen LogP contribution in [0.15, 0.2) is 60.8 Å². The molecule has 0 radical (unpaired) electrons. The van der Waals surface area contributed by atoms with E-state index in [1.807, 2.05) is 0 Å². The number of carboxylic acid groups (broad SMARTS) is 1. The smallest absolute Gasteiger partial charge is 0.306 e. The zero-order chi connectivity index (χ0) is 38.5. The molecular formula is C44H75NO7. The van der Waals surface area contributed by atoms with Crippen molar-refractivity contribution >= 4 is 17.9 Å². The summed E-state index contributed by atoms with van der Waals surface area (Å²) < 4.78 is 17.0. The third kappa shape index (κ3) is 32.9. The molecule has 0 rings (SSSR count). The number of carboxylic acids is 1. The van der Waals surface area contributed by atoms with Gasteiger partial charge in [0.25, 0.3) is 0 Å². The molecule has 2 unspecified atom stereocenters. The largest absolute Gasteiger partial charge is 0.544 e. The molecule has 0 saturated carbocycles. The van der Waals surface area contributed by atoms with E-state index in [1.54, 1.807) is 21.1 Å². The van der Waals surface area contributed by atoms with Crippen LogP contribution in [0.3, 0.4) is 0 Å². The first-order chi connectivity index (χ1) is 25.1. The van der Waals surface area contributed by atoms with Gasteiger partial charge >= 0.3 is 11.9 Å². The van der Waals surface area contributed by atoms with Gasteiger partial charge in [-0.15, -0.1) is 0 Å². The van der Waals surface area contributed by atoms with Gasteiger partial charge in [0.15, 0.2) is 6.10 Å². The van der Waals surface area contributed by atoms with Gasteiger partial charge in [0.05, 0.1) is 40.3 Å². The monoisotopic (exact) mass is 730 g/mol. The van der Waals surface area contributed by atoms with Crippen LogP contribution in [0.25, 0.3) is 0 Å². The lowest BCUT2D eigenvalue weighted by atomic mass is 10.1. The van der Waals surface area contributed by atoms with Crippen LogP contribution in [0.4, 0.5) is 0 Å². The molecule has 8 heteroatoms. The van der Waals surface area contributed by atoms with Crippen molar-refractivity contribution < 1.29 is 38.2 Å². The summed E-state index contributed by atoms with van der Waals surface area (Å²) in [6.07, 6.45) is 41.1. The highest BCUT2D eigenvalue weighted by atomic mass is 16.6. The first kappa shape index (κ1) is 49.0. The molecule has 0 heterocycles. The fraction of sp³-hybridized carbons (Fsp3) is 0.705. The van der Waals surface area contributed by atoms with Crippen LogP contribution in [-0.2, 0) is 28.6 Å². The topological polar surface area (TPSA) is 102 Å². The van der Waals surface area contributed by atoms with Crippen molar-refractivity contribution in [3.63, 3.8) is 0 Å². The van der Waals surface area contributed by atoms with Gasteiger partial charge in [0, 0.05) is 19.3 Å². The Morgan fingerprint density at radius 3 is 1.73 bits per heavy atom. The van der Waals surface area contributed by atoms with Gasteiger partial charge in [-0.05, 0) is 64.2 Å². The minimum atomic E-state index is -1.14. The number of hydrogen-bond donors (Lipinski definition) is 0. The number of nitrogens with zero attached hydrogens (tertiary/aromatic N) is 1. The van der Waals surface area contributed by atoms with Gasteiger partial charge in [-0.1, -0.05) is 126 Å². The maximum absolute atomic E-state index is 12.6. The summed E-state index contributed by atoms with van der Waals surface area (Å²) in [5.74, 6) is -1.85. The Hall–Kier alpha value is -2.97. The second-order valence-electron chi connectivity index (χ2n) is 14.5. The lowest BCUT2D eigenvalue weighted by molar-refractivity contribution is -0.889. The SMILES string of the molecule is CCCC/C=C/C=C/CCCCCC(=O)OC(COCCC(C(=O)[O-])[N+](C)(C)C)COC(=O)CCC/C=C/C/C=C/C/C=C/CCCCCCCC. The fourth-order valence-electron chi connectivity index (χ4n) is 5.41. The van der Waals surface area contributed by atoms with Crippen LogP contribution in [-0.4, -0.2) is 75.5 Å². The number of rotatable bonds is 35. The van der Waals surface area contributed by atoms with Crippen LogP contribution >= 0.6 is 0 Å². The number of aliphatic carboxylic acids is 1. The number of quaternary nitrogens is 1. The Morgan fingerprint density at radius 1 is 0.596 bits per heavy atom. The van der Waals surface area contributed by atoms with Gasteiger partial charge in [-0.25, -0.2) is 0 Å². The molecule has 0 bridgehead atoms. The highest BCUT2D eigenvalue weighted by Gasteiger charge is 2.25. The predicted molar refractivity (Wildman–Crippen MR) is 212 cm³/mol. The number of esters is 2. The van der Waals surface area contributed by atoms with Crippen LogP contribution < -0.4 is 5.11 Å². The zero-order valence-corrected chi connectivity index (χ0v) is 33.7. The lowest BCUT2D eigenvalue weighted by Gasteiger charge is -2.34. The molecule has 0 aliphatic rings. The fourth-order valence-corrected chi connectivity index (χ4v) is 5.41. The van der Waals surface area contributed by atoms with Gasteiger partial charge in [0.2, 0.25) is 0 Å². The molecule has 0 spiro atoms. The Morgan fingerprint density at radius 2 is 1.12 bits per heavy atom. The molecule has 0 aromatic carbocycles. The van der Waals surface area contributed by atoms with Crippen molar-refractivity contribution in [1.29, 1.82) is 0 Å². The summed E-state index contributed by atoms with van der Waals surface area (Å²) in [4.78, 5) is 36.7. The van der Waals surface area contributed by atoms with E-state index in [1.165, 1.54) is 57.8 Å². The van der Waals surface area contributed by atoms with Crippen molar-refractivity contribution in [3.8, 4) is 0 Å². The third-order valence-electron chi connectivity index (χ3n) is 8.65. The Balaban J connectivity index is 4.50. The molecule has 298 valence electrons. The van der Waals surface area contributed by atoms with Crippen molar-refractivity contribution in [1.82, 2.24) is 0 Å². The van der Waals surface area contributed by atoms with E-state index in [0.29, 0.717) is 12.8 Å². The Bertz CT molecular complexity index is 1040. The summed E-state index contributed by atoms with van der Waals surface area (Å²) >= 11 is 0. The quantitative estimate of drug-likeness (QED) is 0.0211. The Kier molecular flexibility index (Phi) is 33.1. The van der Waals surface area contributed by atoms with Crippen molar-refractivity contribution in [2.75, 3.05) is 41.0 Å². The van der Waals surface area contributed by atoms with E-state index in [-0.39, 0.29) is 55.5 Å². The number of unbranched alkanes of at least 4 members (excludes halogenated alkanes) is 12. The number of allylic oxidation sites excluding steroid dienone is 10. The molecule has 0 N–H and O–H groups in total. The van der Waals surface area contributed by atoms with E-state index in [0.717, 1.165) is 44.9 Å². The average molecular weight is 730 g/mol. The Labute approximate surface area is 318 Å². The van der Waals surface area contributed by atoms with Crippen LogP contribution in [0.2, 0.25) is 0 Å². The average Bonchev–Trinajstić information content (AvgIpc) is 3.09. The second-order valence-corrected chi connectivity index (χ2v) is 14.5. The number of carbonyl (C=O) groups is 3. The third-order valence-corrected chi connectivity index (χ3v) is 8.65. The predicted octanol–water partition coefficient (Wildman–Crippen LogP) is 9.30. The molecule has 0 saturated heterocycles. The van der Waals surface area contributed by atoms with E-state index in [9.17, 15) is 19.5 Å². The first-order valence-corrected chi connectivity index (χ1v) is 20.3. The molecule has 2 atom stereocenters. The lowest BCUT2D eigenvalue weighted by Crippen LogP contribution is -2.55. The van der Waals surface area contributed by atoms with Crippen molar-refractivity contribution in [3.05, 3.63) is 60.8 Å². The molecule has 8 nitrogen and oxygen atoms in total. The van der Waals surface area contributed by atoms with Crippen LogP contribution in [0.1, 0.15) is 149 Å². The summed E-state index contributed by atoms with van der Waals surface area (Å²) in [6, 6.07) is -0.738. The minimum Gasteiger partial charge on any atom is -0.544 e. The number of ether oxygens (including phenoxy) is 3. The van der Waals surface area contributed by atoms with E-state index in [2.05, 4.69) is 74.6 Å². The summed E-state index contributed by atoms with van der Waals surface area (Å²) in [5, 5.41) is 11.6. The molecule has 0 amide bonds. The van der Waals surface area contributed by atoms with Crippen LogP contribution in [0, 0.1) is 0 Å². The standard InChI is InChI=1S/C44H75NO7/c1-6-8-10-12-14-16-18-19-20-21-22-23-25-26-28-30-32-34-42(46)51-39-40(38-50-37-36-41(44(48)49)45(3,4)5)52-43(47)35-33-31-29-27-24-17-15-13-11-9-7-2/h13,15,17,19-20,22-24,26,28,40-41H,6-12,14,16,18,21,25,27,29-39H2,1-5H3/b15-13+,20-19+,23-22+,24-17+,28-26+. The van der Waals surface area contributed by atoms with Gasteiger partial charge < -0.3 is 28.6 Å². The highest BCUT2D eigenvalue weighted by Crippen LogP contribution is 2.11. The summed E-state index contributed by atoms with van der Waals surface area (Å²) in [6.45, 7) is 4.49. The first-order valence-electron chi connectivity index (χ1n) is 20.3. The van der Waals surface area contributed by atoms with Gasteiger partial charge in [-0.2, -0.15) is 0 Å². The minimum absolute atomic E-state index is 0.0116. The number of likely N-dealkylation sites (N-methyl/N-ethyl adjacent to an activating group) is 1. The molecule has 0 aliphatic carbocycles. The molecule has 0 aromatic heterocycles. The number of carbonyl (C=O) groups excluding carboxylic acids is 3. The van der Waals surface area contributed by atoms with E-state index < -0.39 is 18.1 Å². The molecule has 0 aliphatic heterocycles. The van der Waals surface area contributed by atoms with E-state index >= 15 is 0 Å². The molecule has 0 fully saturated rings.